The van der Waals surface area contributed by atoms with Gasteiger partial charge in [-0.05, 0) is 38.5 Å². The molecule has 0 bridgehead atoms. The van der Waals surface area contributed by atoms with Crippen molar-refractivity contribution in [2.24, 2.45) is 10.8 Å². The second-order valence-electron chi connectivity index (χ2n) is 8.83. The summed E-state index contributed by atoms with van der Waals surface area (Å²) in [5.41, 5.74) is -0.0676. The highest BCUT2D eigenvalue weighted by molar-refractivity contribution is 4.84. The van der Waals surface area contributed by atoms with Crippen LogP contribution in [-0.2, 0) is 14.2 Å². The van der Waals surface area contributed by atoms with Crippen LogP contribution in [0.15, 0.2) is 0 Å². The van der Waals surface area contributed by atoms with Gasteiger partial charge in [0, 0.05) is 0 Å². The van der Waals surface area contributed by atoms with E-state index in [1.807, 2.05) is 0 Å². The summed E-state index contributed by atoms with van der Waals surface area (Å²) in [7, 11) is 0. The molecule has 0 aromatic carbocycles. The molecule has 0 aliphatic heterocycles. The summed E-state index contributed by atoms with van der Waals surface area (Å²) < 4.78 is 17.5. The van der Waals surface area contributed by atoms with Crippen LogP contribution >= 0.6 is 0 Å². The fraction of sp³-hybridized carbons (Fsp3) is 1.00. The monoisotopic (exact) mass is 302 g/mol. The smallest absolute Gasteiger partial charge is 0.0708 e. The van der Waals surface area contributed by atoms with Crippen molar-refractivity contribution >= 4 is 0 Å². The van der Waals surface area contributed by atoms with Crippen molar-refractivity contribution in [1.29, 1.82) is 0 Å². The van der Waals surface area contributed by atoms with E-state index in [4.69, 9.17) is 14.2 Å². The Labute approximate surface area is 132 Å². The van der Waals surface area contributed by atoms with Gasteiger partial charge in [0.05, 0.1) is 37.6 Å². The molecular weight excluding hydrogens is 264 g/mol. The molecule has 0 aromatic heterocycles. The Morgan fingerprint density at radius 1 is 0.476 bits per heavy atom. The van der Waals surface area contributed by atoms with Gasteiger partial charge in [-0.2, -0.15) is 0 Å². The predicted octanol–water partition coefficient (Wildman–Crippen LogP) is 4.69. The van der Waals surface area contributed by atoms with Crippen LogP contribution in [0.3, 0.4) is 0 Å². The van der Waals surface area contributed by atoms with E-state index < -0.39 is 0 Å². The molecule has 0 radical (unpaired) electrons. The van der Waals surface area contributed by atoms with Crippen molar-refractivity contribution in [1.82, 2.24) is 0 Å². The average molecular weight is 302 g/mol. The van der Waals surface area contributed by atoms with Crippen LogP contribution in [0.5, 0.6) is 0 Å². The van der Waals surface area contributed by atoms with Gasteiger partial charge in [-0.15, -0.1) is 0 Å². The molecule has 0 heterocycles. The first-order valence-corrected chi connectivity index (χ1v) is 8.06. The molecule has 0 saturated heterocycles. The lowest BCUT2D eigenvalue weighted by molar-refractivity contribution is -0.122. The maximum Gasteiger partial charge on any atom is 0.0708 e. The normalized spacial score (nSPS) is 14.6. The molecular formula is C18H38O3. The van der Waals surface area contributed by atoms with Gasteiger partial charge in [-0.3, -0.25) is 0 Å². The van der Waals surface area contributed by atoms with E-state index >= 15 is 0 Å². The Morgan fingerprint density at radius 3 is 1.00 bits per heavy atom. The van der Waals surface area contributed by atoms with Gasteiger partial charge in [-0.25, -0.2) is 0 Å². The second kappa shape index (κ2) is 7.43. The molecule has 128 valence electrons. The third-order valence-electron chi connectivity index (χ3n) is 4.99. The summed E-state index contributed by atoms with van der Waals surface area (Å²) >= 11 is 0. The molecule has 0 aromatic rings. The molecule has 0 spiro atoms. The average Bonchev–Trinajstić information content (AvgIpc) is 2.24. The standard InChI is InChI=1S/C18H38O3/c1-15(2,3)17(7,8)20-13-11-19-12-14-21-18(9,10)16(4,5)6/h11-14H2,1-10H3. The van der Waals surface area contributed by atoms with Gasteiger partial charge >= 0.3 is 0 Å². The van der Waals surface area contributed by atoms with E-state index in [9.17, 15) is 0 Å². The Morgan fingerprint density at radius 2 is 0.762 bits per heavy atom. The molecule has 0 atom stereocenters. The summed E-state index contributed by atoms with van der Waals surface area (Å²) in [6.07, 6.45) is 0. The molecule has 0 unspecified atom stereocenters. The van der Waals surface area contributed by atoms with E-state index in [-0.39, 0.29) is 22.0 Å². The Bertz CT molecular complexity index is 263. The van der Waals surface area contributed by atoms with Crippen LogP contribution in [0.4, 0.5) is 0 Å². The lowest BCUT2D eigenvalue weighted by Crippen LogP contribution is -2.41. The Kier molecular flexibility index (Phi) is 7.39. The van der Waals surface area contributed by atoms with Crippen molar-refractivity contribution in [2.45, 2.75) is 80.4 Å². The zero-order valence-corrected chi connectivity index (χ0v) is 16.1. The molecule has 0 aliphatic carbocycles. The van der Waals surface area contributed by atoms with E-state index in [0.717, 1.165) is 0 Å². The molecule has 0 saturated carbocycles. The Balaban J connectivity index is 3.81. The molecule has 3 nitrogen and oxygen atoms in total. The highest BCUT2D eigenvalue weighted by atomic mass is 16.6. The summed E-state index contributed by atoms with van der Waals surface area (Å²) in [6.45, 7) is 24.1. The third-order valence-corrected chi connectivity index (χ3v) is 4.99. The summed E-state index contributed by atoms with van der Waals surface area (Å²) in [4.78, 5) is 0. The Hall–Kier alpha value is -0.120. The van der Waals surface area contributed by atoms with E-state index in [1.54, 1.807) is 0 Å². The van der Waals surface area contributed by atoms with Crippen molar-refractivity contribution in [3.63, 3.8) is 0 Å². The van der Waals surface area contributed by atoms with Gasteiger partial charge in [0.15, 0.2) is 0 Å². The predicted molar refractivity (Wildman–Crippen MR) is 89.8 cm³/mol. The summed E-state index contributed by atoms with van der Waals surface area (Å²) in [5.74, 6) is 0. The number of rotatable bonds is 8. The topological polar surface area (TPSA) is 27.7 Å². The largest absolute Gasteiger partial charge is 0.377 e. The minimum atomic E-state index is -0.152. The molecule has 21 heavy (non-hydrogen) atoms. The van der Waals surface area contributed by atoms with E-state index in [2.05, 4.69) is 69.2 Å². The fourth-order valence-corrected chi connectivity index (χ4v) is 1.25. The number of hydrogen-bond donors (Lipinski definition) is 0. The van der Waals surface area contributed by atoms with Gasteiger partial charge in [0.1, 0.15) is 0 Å². The molecule has 0 amide bonds. The first-order valence-electron chi connectivity index (χ1n) is 8.06. The SMILES string of the molecule is CC(C)(C)C(C)(C)OCCOCCOC(C)(C)C(C)(C)C. The van der Waals surface area contributed by atoms with Crippen LogP contribution in [0.25, 0.3) is 0 Å². The minimum Gasteiger partial charge on any atom is -0.377 e. The van der Waals surface area contributed by atoms with E-state index in [0.29, 0.717) is 26.4 Å². The number of hydrogen-bond acceptors (Lipinski definition) is 3. The molecule has 0 rings (SSSR count). The second-order valence-corrected chi connectivity index (χ2v) is 8.83. The first-order chi connectivity index (χ1) is 9.21. The van der Waals surface area contributed by atoms with Crippen molar-refractivity contribution in [3.8, 4) is 0 Å². The summed E-state index contributed by atoms with van der Waals surface area (Å²) in [5, 5.41) is 0. The van der Waals surface area contributed by atoms with Gasteiger partial charge in [0.25, 0.3) is 0 Å². The fourth-order valence-electron chi connectivity index (χ4n) is 1.25. The van der Waals surface area contributed by atoms with Crippen LogP contribution in [0.1, 0.15) is 69.2 Å². The maximum absolute atomic E-state index is 5.93. The van der Waals surface area contributed by atoms with E-state index in [1.165, 1.54) is 0 Å². The zero-order chi connectivity index (χ0) is 16.9. The lowest BCUT2D eigenvalue weighted by atomic mass is 9.79. The molecule has 3 heteroatoms. The molecule has 0 aliphatic rings. The van der Waals surface area contributed by atoms with Crippen molar-refractivity contribution in [2.75, 3.05) is 26.4 Å². The molecule has 0 N–H and O–H groups in total. The highest BCUT2D eigenvalue weighted by Crippen LogP contribution is 2.33. The summed E-state index contributed by atoms with van der Waals surface area (Å²) in [6, 6.07) is 0. The van der Waals surface area contributed by atoms with Crippen LogP contribution in [0, 0.1) is 10.8 Å². The first kappa shape index (κ1) is 20.9. The minimum absolute atomic E-state index is 0.118. The highest BCUT2D eigenvalue weighted by Gasteiger charge is 2.34. The quantitative estimate of drug-likeness (QED) is 0.609. The van der Waals surface area contributed by atoms with Gasteiger partial charge < -0.3 is 14.2 Å². The number of ether oxygens (including phenoxy) is 3. The van der Waals surface area contributed by atoms with Gasteiger partial charge in [0.2, 0.25) is 0 Å². The van der Waals surface area contributed by atoms with Crippen molar-refractivity contribution in [3.05, 3.63) is 0 Å². The molecule has 0 fully saturated rings. The van der Waals surface area contributed by atoms with Crippen molar-refractivity contribution < 1.29 is 14.2 Å². The zero-order valence-electron chi connectivity index (χ0n) is 16.1. The maximum atomic E-state index is 5.93. The van der Waals surface area contributed by atoms with Gasteiger partial charge in [-0.1, -0.05) is 41.5 Å². The van der Waals surface area contributed by atoms with Crippen LogP contribution < -0.4 is 0 Å². The van der Waals surface area contributed by atoms with Crippen LogP contribution in [0.2, 0.25) is 0 Å². The van der Waals surface area contributed by atoms with Crippen LogP contribution in [-0.4, -0.2) is 37.6 Å². The third kappa shape index (κ3) is 7.12. The lowest BCUT2D eigenvalue weighted by Gasteiger charge is -2.39.